The molecular formula is C10H21NO3. The summed E-state index contributed by atoms with van der Waals surface area (Å²) in [6.45, 7) is 2.13. The van der Waals surface area contributed by atoms with Gasteiger partial charge in [-0.25, -0.2) is 0 Å². The Bertz CT molecular complexity index is 161. The number of carbonyl (C=O) groups is 1. The highest BCUT2D eigenvalue weighted by Gasteiger charge is 2.20. The summed E-state index contributed by atoms with van der Waals surface area (Å²) >= 11 is 0. The lowest BCUT2D eigenvalue weighted by Crippen LogP contribution is -2.41. The Balaban J connectivity index is 3.43. The van der Waals surface area contributed by atoms with Crippen molar-refractivity contribution in [3.05, 3.63) is 0 Å². The zero-order valence-electron chi connectivity index (χ0n) is 8.78. The van der Waals surface area contributed by atoms with Gasteiger partial charge in [0.15, 0.2) is 0 Å². The first-order valence-electron chi connectivity index (χ1n) is 5.26. The maximum atomic E-state index is 10.4. The minimum atomic E-state index is -1.14. The minimum absolute atomic E-state index is 0.483. The fourth-order valence-electron chi connectivity index (χ4n) is 1.30. The van der Waals surface area contributed by atoms with E-state index in [1.54, 1.807) is 0 Å². The molecule has 84 valence electrons. The summed E-state index contributed by atoms with van der Waals surface area (Å²) in [4.78, 5) is 10.4. The van der Waals surface area contributed by atoms with Gasteiger partial charge in [0.05, 0.1) is 6.10 Å². The normalized spacial score (nSPS) is 15.1. The van der Waals surface area contributed by atoms with E-state index in [2.05, 4.69) is 6.92 Å². The molecule has 0 aliphatic carbocycles. The van der Waals surface area contributed by atoms with Crippen molar-refractivity contribution in [2.75, 3.05) is 0 Å². The van der Waals surface area contributed by atoms with Crippen molar-refractivity contribution >= 4 is 5.97 Å². The van der Waals surface area contributed by atoms with E-state index in [1.165, 1.54) is 12.8 Å². The first kappa shape index (κ1) is 13.4. The van der Waals surface area contributed by atoms with Crippen LogP contribution in [0.1, 0.15) is 45.4 Å². The second-order valence-electron chi connectivity index (χ2n) is 3.63. The number of carboxylic acid groups (broad SMARTS) is 1. The predicted octanol–water partition coefficient (Wildman–Crippen LogP) is 1.12. The number of nitrogens with two attached hydrogens (primary N) is 1. The van der Waals surface area contributed by atoms with Crippen LogP contribution >= 0.6 is 0 Å². The molecule has 0 aromatic heterocycles. The summed E-state index contributed by atoms with van der Waals surface area (Å²) in [5.74, 6) is -1.13. The van der Waals surface area contributed by atoms with Gasteiger partial charge in [0, 0.05) is 0 Å². The average molecular weight is 203 g/mol. The topological polar surface area (TPSA) is 83.5 Å². The summed E-state index contributed by atoms with van der Waals surface area (Å²) in [5.41, 5.74) is 5.25. The van der Waals surface area contributed by atoms with E-state index in [4.69, 9.17) is 10.8 Å². The van der Waals surface area contributed by atoms with E-state index in [1.807, 2.05) is 0 Å². The molecule has 14 heavy (non-hydrogen) atoms. The predicted molar refractivity (Wildman–Crippen MR) is 55.0 cm³/mol. The Hall–Kier alpha value is -0.610. The van der Waals surface area contributed by atoms with Crippen molar-refractivity contribution in [1.82, 2.24) is 0 Å². The van der Waals surface area contributed by atoms with Crippen LogP contribution in [0.25, 0.3) is 0 Å². The van der Waals surface area contributed by atoms with E-state index >= 15 is 0 Å². The molecule has 4 N–H and O–H groups in total. The maximum absolute atomic E-state index is 10.4. The molecule has 0 bridgehead atoms. The Morgan fingerprint density at radius 2 is 1.86 bits per heavy atom. The standard InChI is InChI=1S/C10H21NO3/c1-2-3-4-5-6-7-8(12)9(11)10(13)14/h8-9,12H,2-7,11H2,1H3,(H,13,14). The van der Waals surface area contributed by atoms with E-state index in [9.17, 15) is 9.90 Å². The van der Waals surface area contributed by atoms with Crippen molar-refractivity contribution in [2.45, 2.75) is 57.6 Å². The van der Waals surface area contributed by atoms with Crippen LogP contribution in [-0.2, 0) is 4.79 Å². The lowest BCUT2D eigenvalue weighted by atomic mass is 10.0. The lowest BCUT2D eigenvalue weighted by molar-refractivity contribution is -0.141. The van der Waals surface area contributed by atoms with E-state index in [0.717, 1.165) is 19.3 Å². The molecule has 0 aliphatic heterocycles. The molecule has 0 saturated carbocycles. The third-order valence-corrected chi connectivity index (χ3v) is 2.30. The number of unbranched alkanes of at least 4 members (excludes halogenated alkanes) is 4. The molecule has 4 heteroatoms. The number of aliphatic carboxylic acids is 1. The van der Waals surface area contributed by atoms with Gasteiger partial charge in [0.2, 0.25) is 0 Å². The van der Waals surface area contributed by atoms with Gasteiger partial charge in [0.25, 0.3) is 0 Å². The molecule has 2 unspecified atom stereocenters. The molecule has 0 fully saturated rings. The van der Waals surface area contributed by atoms with Crippen molar-refractivity contribution in [1.29, 1.82) is 0 Å². The Labute approximate surface area is 85.1 Å². The molecule has 4 nitrogen and oxygen atoms in total. The summed E-state index contributed by atoms with van der Waals surface area (Å²) in [5, 5.41) is 17.8. The molecule has 2 atom stereocenters. The summed E-state index contributed by atoms with van der Waals surface area (Å²) in [7, 11) is 0. The van der Waals surface area contributed by atoms with Gasteiger partial charge in [0.1, 0.15) is 6.04 Å². The molecule has 0 aliphatic rings. The Kier molecular flexibility index (Phi) is 7.42. The van der Waals surface area contributed by atoms with Gasteiger partial charge in [-0.15, -0.1) is 0 Å². The largest absolute Gasteiger partial charge is 0.480 e. The van der Waals surface area contributed by atoms with Crippen LogP contribution < -0.4 is 5.73 Å². The third kappa shape index (κ3) is 5.94. The van der Waals surface area contributed by atoms with Gasteiger partial charge in [-0.3, -0.25) is 4.79 Å². The molecule has 0 saturated heterocycles. The Morgan fingerprint density at radius 3 is 2.36 bits per heavy atom. The second kappa shape index (κ2) is 7.76. The summed E-state index contributed by atoms with van der Waals surface area (Å²) in [6, 6.07) is -1.14. The first-order chi connectivity index (χ1) is 6.59. The zero-order valence-corrected chi connectivity index (χ0v) is 8.78. The number of aliphatic hydroxyl groups excluding tert-OH is 1. The molecule has 0 aromatic rings. The quantitative estimate of drug-likeness (QED) is 0.516. The number of carboxylic acids is 1. The highest BCUT2D eigenvalue weighted by Crippen LogP contribution is 2.08. The van der Waals surface area contributed by atoms with Crippen LogP contribution in [0.4, 0.5) is 0 Å². The van der Waals surface area contributed by atoms with Crippen LogP contribution in [-0.4, -0.2) is 28.3 Å². The van der Waals surface area contributed by atoms with Crippen LogP contribution in [0.15, 0.2) is 0 Å². The highest BCUT2D eigenvalue weighted by atomic mass is 16.4. The molecule has 0 rings (SSSR count). The number of rotatable bonds is 8. The van der Waals surface area contributed by atoms with Crippen LogP contribution in [0.2, 0.25) is 0 Å². The van der Waals surface area contributed by atoms with E-state index < -0.39 is 18.1 Å². The Morgan fingerprint density at radius 1 is 1.29 bits per heavy atom. The summed E-state index contributed by atoms with van der Waals surface area (Å²) < 4.78 is 0. The maximum Gasteiger partial charge on any atom is 0.323 e. The third-order valence-electron chi connectivity index (χ3n) is 2.30. The first-order valence-corrected chi connectivity index (χ1v) is 5.26. The zero-order chi connectivity index (χ0) is 11.0. The fraction of sp³-hybridized carbons (Fsp3) is 0.900. The SMILES string of the molecule is CCCCCCCC(O)C(N)C(=O)O. The smallest absolute Gasteiger partial charge is 0.323 e. The number of aliphatic hydroxyl groups is 1. The average Bonchev–Trinajstić information content (AvgIpc) is 2.16. The molecular weight excluding hydrogens is 182 g/mol. The molecule has 0 heterocycles. The van der Waals surface area contributed by atoms with Crippen molar-refractivity contribution in [2.24, 2.45) is 5.73 Å². The van der Waals surface area contributed by atoms with Crippen molar-refractivity contribution < 1.29 is 15.0 Å². The van der Waals surface area contributed by atoms with Crippen LogP contribution in [0.5, 0.6) is 0 Å². The lowest BCUT2D eigenvalue weighted by Gasteiger charge is -2.14. The van der Waals surface area contributed by atoms with E-state index in [-0.39, 0.29) is 0 Å². The highest BCUT2D eigenvalue weighted by molar-refractivity contribution is 5.73. The fourth-order valence-corrected chi connectivity index (χ4v) is 1.30. The van der Waals surface area contributed by atoms with Gasteiger partial charge >= 0.3 is 5.97 Å². The van der Waals surface area contributed by atoms with Gasteiger partial charge in [-0.05, 0) is 6.42 Å². The van der Waals surface area contributed by atoms with Gasteiger partial charge < -0.3 is 15.9 Å². The van der Waals surface area contributed by atoms with Crippen molar-refractivity contribution in [3.63, 3.8) is 0 Å². The summed E-state index contributed by atoms with van der Waals surface area (Å²) in [6.07, 6.45) is 4.98. The number of hydrogen-bond donors (Lipinski definition) is 3. The van der Waals surface area contributed by atoms with Crippen LogP contribution in [0, 0.1) is 0 Å². The number of hydrogen-bond acceptors (Lipinski definition) is 3. The second-order valence-corrected chi connectivity index (χ2v) is 3.63. The van der Waals surface area contributed by atoms with Crippen LogP contribution in [0.3, 0.4) is 0 Å². The van der Waals surface area contributed by atoms with Crippen molar-refractivity contribution in [3.8, 4) is 0 Å². The van der Waals surface area contributed by atoms with Gasteiger partial charge in [-0.1, -0.05) is 39.0 Å². The monoisotopic (exact) mass is 203 g/mol. The molecule has 0 amide bonds. The van der Waals surface area contributed by atoms with Gasteiger partial charge in [-0.2, -0.15) is 0 Å². The molecule has 0 spiro atoms. The van der Waals surface area contributed by atoms with E-state index in [0.29, 0.717) is 6.42 Å². The molecule has 0 radical (unpaired) electrons. The minimum Gasteiger partial charge on any atom is -0.480 e. The molecule has 0 aromatic carbocycles.